The lowest BCUT2D eigenvalue weighted by Crippen LogP contribution is -2.52. The van der Waals surface area contributed by atoms with Crippen LogP contribution in [0.4, 0.5) is 0 Å². The number of carbonyl (C=O) groups is 1. The summed E-state index contributed by atoms with van der Waals surface area (Å²) >= 11 is 0. The number of hydrogen-bond donors (Lipinski definition) is 3. The van der Waals surface area contributed by atoms with Crippen molar-refractivity contribution in [1.82, 2.24) is 15.4 Å². The topological polar surface area (TPSA) is 87.3 Å². The van der Waals surface area contributed by atoms with E-state index in [9.17, 15) is 13.2 Å². The summed E-state index contributed by atoms with van der Waals surface area (Å²) in [6, 6.07) is 0. The van der Waals surface area contributed by atoms with Gasteiger partial charge in [-0.15, -0.1) is 0 Å². The summed E-state index contributed by atoms with van der Waals surface area (Å²) < 4.78 is 24.7. The molecule has 1 amide bonds. The number of hydrogen-bond acceptors (Lipinski definition) is 4. The van der Waals surface area contributed by atoms with Crippen molar-refractivity contribution >= 4 is 15.9 Å². The first-order valence-electron chi connectivity index (χ1n) is 5.64. The molecule has 0 aromatic carbocycles. The number of amides is 1. The van der Waals surface area contributed by atoms with Gasteiger partial charge < -0.3 is 10.6 Å². The van der Waals surface area contributed by atoms with Crippen LogP contribution in [0.1, 0.15) is 20.3 Å². The van der Waals surface area contributed by atoms with Crippen molar-refractivity contribution in [2.45, 2.75) is 25.8 Å². The summed E-state index contributed by atoms with van der Waals surface area (Å²) in [4.78, 5) is 11.5. The molecule has 3 N–H and O–H groups in total. The third-order valence-electron chi connectivity index (χ3n) is 2.53. The zero-order valence-corrected chi connectivity index (χ0v) is 11.4. The Kier molecular flexibility index (Phi) is 4.51. The molecule has 1 rings (SSSR count). The monoisotopic (exact) mass is 263 g/mol. The van der Waals surface area contributed by atoms with Gasteiger partial charge >= 0.3 is 0 Å². The highest BCUT2D eigenvalue weighted by molar-refractivity contribution is 7.88. The molecule has 7 heteroatoms. The first kappa shape index (κ1) is 14.4. The van der Waals surface area contributed by atoms with Crippen molar-refractivity contribution in [3.63, 3.8) is 0 Å². The van der Waals surface area contributed by atoms with Crippen molar-refractivity contribution in [2.24, 2.45) is 5.92 Å². The molecule has 6 nitrogen and oxygen atoms in total. The second kappa shape index (κ2) is 5.32. The molecule has 1 aliphatic rings. The number of carbonyl (C=O) groups excluding carboxylic acids is 1. The maximum atomic E-state index is 11.5. The molecule has 0 saturated carbocycles. The first-order valence-corrected chi connectivity index (χ1v) is 7.53. The lowest BCUT2D eigenvalue weighted by molar-refractivity contribution is -0.122. The minimum absolute atomic E-state index is 0.0279. The van der Waals surface area contributed by atoms with Crippen LogP contribution < -0.4 is 15.4 Å². The molecule has 0 radical (unpaired) electrons. The average Bonchev–Trinajstić information content (AvgIpc) is 2.04. The van der Waals surface area contributed by atoms with Gasteiger partial charge in [-0.05, 0) is 32.9 Å². The smallest absolute Gasteiger partial charge is 0.220 e. The van der Waals surface area contributed by atoms with E-state index in [2.05, 4.69) is 15.4 Å². The molecule has 0 aliphatic carbocycles. The van der Waals surface area contributed by atoms with Gasteiger partial charge in [-0.25, -0.2) is 13.1 Å². The van der Waals surface area contributed by atoms with Crippen molar-refractivity contribution in [3.05, 3.63) is 0 Å². The fourth-order valence-corrected chi connectivity index (χ4v) is 2.76. The van der Waals surface area contributed by atoms with Crippen molar-refractivity contribution in [2.75, 3.05) is 25.9 Å². The summed E-state index contributed by atoms with van der Waals surface area (Å²) in [7, 11) is -3.26. The van der Waals surface area contributed by atoms with Crippen molar-refractivity contribution in [3.8, 4) is 0 Å². The molecule has 1 saturated heterocycles. The van der Waals surface area contributed by atoms with Crippen LogP contribution in [-0.4, -0.2) is 45.8 Å². The van der Waals surface area contributed by atoms with E-state index in [1.165, 1.54) is 0 Å². The standard InChI is InChI=1S/C10H21N3O3S/c1-10(2,13-17(3,15)16)7-12-9(14)4-8-5-11-6-8/h8,11,13H,4-7H2,1-3H3,(H,12,14). The lowest BCUT2D eigenvalue weighted by atomic mass is 9.99. The molecule has 0 spiro atoms. The minimum Gasteiger partial charge on any atom is -0.354 e. The van der Waals surface area contributed by atoms with Crippen LogP contribution in [0, 0.1) is 5.92 Å². The highest BCUT2D eigenvalue weighted by Crippen LogP contribution is 2.08. The Morgan fingerprint density at radius 2 is 2.00 bits per heavy atom. The molecule has 0 aromatic rings. The number of sulfonamides is 1. The average molecular weight is 263 g/mol. The molecule has 0 unspecified atom stereocenters. The Hall–Kier alpha value is -0.660. The fourth-order valence-electron chi connectivity index (χ4n) is 1.68. The van der Waals surface area contributed by atoms with Gasteiger partial charge in [-0.3, -0.25) is 4.79 Å². The van der Waals surface area contributed by atoms with Crippen molar-refractivity contribution < 1.29 is 13.2 Å². The van der Waals surface area contributed by atoms with Gasteiger partial charge in [0.15, 0.2) is 0 Å². The van der Waals surface area contributed by atoms with Gasteiger partial charge in [0.25, 0.3) is 0 Å². The van der Waals surface area contributed by atoms with E-state index in [1.807, 2.05) is 0 Å². The van der Waals surface area contributed by atoms with E-state index < -0.39 is 15.6 Å². The second-order valence-corrected chi connectivity index (χ2v) is 7.01. The summed E-state index contributed by atoms with van der Waals surface area (Å²) in [6.07, 6.45) is 1.61. The fraction of sp³-hybridized carbons (Fsp3) is 0.900. The van der Waals surface area contributed by atoms with Gasteiger partial charge in [-0.1, -0.05) is 0 Å². The Labute approximate surface area is 103 Å². The van der Waals surface area contributed by atoms with E-state index in [4.69, 9.17) is 0 Å². The molecule has 1 fully saturated rings. The predicted molar refractivity (Wildman–Crippen MR) is 66.0 cm³/mol. The predicted octanol–water partition coefficient (Wildman–Crippen LogP) is -0.960. The molecule has 0 bridgehead atoms. The highest BCUT2D eigenvalue weighted by Gasteiger charge is 2.24. The minimum atomic E-state index is -3.26. The number of rotatable bonds is 6. The molecule has 1 aliphatic heterocycles. The van der Waals surface area contributed by atoms with Crippen LogP contribution in [0.5, 0.6) is 0 Å². The Balaban J connectivity index is 2.30. The van der Waals surface area contributed by atoms with Gasteiger partial charge in [0.1, 0.15) is 0 Å². The van der Waals surface area contributed by atoms with Crippen LogP contribution in [0.2, 0.25) is 0 Å². The van der Waals surface area contributed by atoms with E-state index in [0.717, 1.165) is 19.3 Å². The third kappa shape index (κ3) is 5.99. The number of nitrogens with one attached hydrogen (secondary N) is 3. The molecule has 1 heterocycles. The van der Waals surface area contributed by atoms with E-state index >= 15 is 0 Å². The van der Waals surface area contributed by atoms with Crippen molar-refractivity contribution in [1.29, 1.82) is 0 Å². The summed E-state index contributed by atoms with van der Waals surface area (Å²) in [5, 5.41) is 5.85. The molecular weight excluding hydrogens is 242 g/mol. The Morgan fingerprint density at radius 1 is 1.41 bits per heavy atom. The maximum absolute atomic E-state index is 11.5. The van der Waals surface area contributed by atoms with Gasteiger partial charge in [0, 0.05) is 18.5 Å². The quantitative estimate of drug-likeness (QED) is 0.576. The van der Waals surface area contributed by atoms with Crippen LogP contribution in [0.15, 0.2) is 0 Å². The molecule has 17 heavy (non-hydrogen) atoms. The molecule has 0 aromatic heterocycles. The first-order chi connectivity index (χ1) is 7.68. The lowest BCUT2D eigenvalue weighted by Gasteiger charge is -2.28. The van der Waals surface area contributed by atoms with Gasteiger partial charge in [0.05, 0.1) is 6.26 Å². The molecule has 0 atom stereocenters. The molecule has 100 valence electrons. The third-order valence-corrected chi connectivity index (χ3v) is 3.45. The van der Waals surface area contributed by atoms with Crippen LogP contribution in [0.3, 0.4) is 0 Å². The largest absolute Gasteiger partial charge is 0.354 e. The summed E-state index contributed by atoms with van der Waals surface area (Å²) in [5.74, 6) is 0.390. The zero-order valence-electron chi connectivity index (χ0n) is 10.5. The van der Waals surface area contributed by atoms with Crippen LogP contribution in [0.25, 0.3) is 0 Å². The van der Waals surface area contributed by atoms with Gasteiger partial charge in [-0.2, -0.15) is 0 Å². The molecular formula is C10H21N3O3S. The van der Waals surface area contributed by atoms with E-state index in [-0.39, 0.29) is 5.91 Å². The van der Waals surface area contributed by atoms with E-state index in [0.29, 0.717) is 18.9 Å². The maximum Gasteiger partial charge on any atom is 0.220 e. The van der Waals surface area contributed by atoms with Gasteiger partial charge in [0.2, 0.25) is 15.9 Å². The van der Waals surface area contributed by atoms with Crippen LogP contribution in [-0.2, 0) is 14.8 Å². The SMILES string of the molecule is CC(C)(CNC(=O)CC1CNC1)NS(C)(=O)=O. The van der Waals surface area contributed by atoms with E-state index in [1.54, 1.807) is 13.8 Å². The summed E-state index contributed by atoms with van der Waals surface area (Å²) in [5.41, 5.74) is -0.666. The highest BCUT2D eigenvalue weighted by atomic mass is 32.2. The Morgan fingerprint density at radius 3 is 2.41 bits per heavy atom. The normalized spacial score (nSPS) is 17.6. The van der Waals surface area contributed by atoms with Crippen LogP contribution >= 0.6 is 0 Å². The second-order valence-electron chi connectivity index (χ2n) is 5.26. The Bertz CT molecular complexity index is 374. The summed E-state index contributed by atoms with van der Waals surface area (Å²) in [6.45, 7) is 5.54. The zero-order chi connectivity index (χ0) is 13.1.